The summed E-state index contributed by atoms with van der Waals surface area (Å²) in [5.41, 5.74) is 3.77. The van der Waals surface area contributed by atoms with Crippen LogP contribution in [0, 0.1) is 0 Å². The molecule has 2 aromatic rings. The first-order chi connectivity index (χ1) is 7.67. The Labute approximate surface area is 97.3 Å². The zero-order valence-corrected chi connectivity index (χ0v) is 10.6. The van der Waals surface area contributed by atoms with Crippen molar-refractivity contribution in [1.82, 2.24) is 9.55 Å². The topological polar surface area (TPSA) is 17.8 Å². The van der Waals surface area contributed by atoms with Crippen LogP contribution in [-0.4, -0.2) is 9.55 Å². The highest BCUT2D eigenvalue weighted by Gasteiger charge is 2.09. The molecule has 0 fully saturated rings. The van der Waals surface area contributed by atoms with Crippen LogP contribution in [0.4, 0.5) is 0 Å². The van der Waals surface area contributed by atoms with E-state index in [9.17, 15) is 0 Å². The summed E-state index contributed by atoms with van der Waals surface area (Å²) in [4.78, 5) is 4.67. The van der Waals surface area contributed by atoms with Crippen molar-refractivity contribution in [1.29, 1.82) is 0 Å². The van der Waals surface area contributed by atoms with Crippen LogP contribution in [-0.2, 0) is 13.5 Å². The van der Waals surface area contributed by atoms with E-state index in [4.69, 9.17) is 0 Å². The number of nitrogens with zero attached hydrogens (tertiary/aromatic N) is 2. The van der Waals surface area contributed by atoms with Gasteiger partial charge in [0.1, 0.15) is 5.82 Å². The third kappa shape index (κ3) is 1.73. The smallest absolute Gasteiger partial charge is 0.109 e. The molecule has 86 valence electrons. The Morgan fingerprint density at radius 3 is 2.69 bits per heavy atom. The minimum Gasteiger partial charge on any atom is -0.331 e. The maximum atomic E-state index is 4.67. The minimum atomic E-state index is 0.622. The first-order valence-corrected chi connectivity index (χ1v) is 6.12. The van der Waals surface area contributed by atoms with E-state index in [1.54, 1.807) is 0 Å². The second kappa shape index (κ2) is 4.28. The van der Waals surface area contributed by atoms with E-state index in [1.807, 2.05) is 0 Å². The van der Waals surface area contributed by atoms with Gasteiger partial charge in [-0.15, -0.1) is 0 Å². The summed E-state index contributed by atoms with van der Waals surface area (Å²) < 4.78 is 2.19. The molecule has 0 spiro atoms. The molecule has 0 aliphatic carbocycles. The zero-order chi connectivity index (χ0) is 11.7. The SMILES string of the molecule is CCc1nc2cc(C(C)CC)ccc2n1C. The van der Waals surface area contributed by atoms with Crippen molar-refractivity contribution in [3.05, 3.63) is 29.6 Å². The first-order valence-electron chi connectivity index (χ1n) is 6.12. The van der Waals surface area contributed by atoms with Gasteiger partial charge in [-0.2, -0.15) is 0 Å². The molecule has 1 heterocycles. The van der Waals surface area contributed by atoms with Crippen LogP contribution >= 0.6 is 0 Å². The van der Waals surface area contributed by atoms with Gasteiger partial charge in [-0.25, -0.2) is 4.98 Å². The van der Waals surface area contributed by atoms with Crippen molar-refractivity contribution in [2.75, 3.05) is 0 Å². The molecular formula is C14H20N2. The van der Waals surface area contributed by atoms with Crippen molar-refractivity contribution < 1.29 is 0 Å². The van der Waals surface area contributed by atoms with Crippen molar-refractivity contribution in [2.45, 2.75) is 39.5 Å². The number of fused-ring (bicyclic) bond motifs is 1. The summed E-state index contributed by atoms with van der Waals surface area (Å²) in [6.45, 7) is 6.65. The molecule has 0 aliphatic rings. The maximum absolute atomic E-state index is 4.67. The van der Waals surface area contributed by atoms with Crippen LogP contribution in [0.5, 0.6) is 0 Å². The molecule has 0 amide bonds. The Bertz CT molecular complexity index is 497. The molecule has 0 N–H and O–H groups in total. The number of hydrogen-bond acceptors (Lipinski definition) is 1. The Hall–Kier alpha value is -1.31. The Morgan fingerprint density at radius 2 is 2.06 bits per heavy atom. The third-order valence-electron chi connectivity index (χ3n) is 3.50. The summed E-state index contributed by atoms with van der Waals surface area (Å²) in [5.74, 6) is 1.78. The normalized spacial score (nSPS) is 13.2. The lowest BCUT2D eigenvalue weighted by Crippen LogP contribution is -1.95. The lowest BCUT2D eigenvalue weighted by molar-refractivity contribution is 0.734. The quantitative estimate of drug-likeness (QED) is 0.765. The fourth-order valence-corrected chi connectivity index (χ4v) is 2.13. The van der Waals surface area contributed by atoms with Gasteiger partial charge in [0.25, 0.3) is 0 Å². The van der Waals surface area contributed by atoms with E-state index in [0.717, 1.165) is 17.8 Å². The van der Waals surface area contributed by atoms with Crippen molar-refractivity contribution in [2.24, 2.45) is 7.05 Å². The number of benzene rings is 1. The summed E-state index contributed by atoms with van der Waals surface area (Å²) in [5, 5.41) is 0. The molecule has 0 bridgehead atoms. The molecule has 1 atom stereocenters. The average molecular weight is 216 g/mol. The summed E-state index contributed by atoms with van der Waals surface area (Å²) in [6.07, 6.45) is 2.17. The first kappa shape index (κ1) is 11.2. The summed E-state index contributed by atoms with van der Waals surface area (Å²) in [6, 6.07) is 6.67. The van der Waals surface area contributed by atoms with E-state index >= 15 is 0 Å². The maximum Gasteiger partial charge on any atom is 0.109 e. The predicted octanol–water partition coefficient (Wildman–Crippen LogP) is 3.65. The zero-order valence-electron chi connectivity index (χ0n) is 10.6. The molecule has 16 heavy (non-hydrogen) atoms. The minimum absolute atomic E-state index is 0.622. The standard InChI is InChI=1S/C14H20N2/c1-5-10(3)11-7-8-13-12(9-11)15-14(6-2)16(13)4/h7-10H,5-6H2,1-4H3. The summed E-state index contributed by atoms with van der Waals surface area (Å²) in [7, 11) is 2.09. The van der Waals surface area contributed by atoms with E-state index < -0.39 is 0 Å². The Morgan fingerprint density at radius 1 is 1.31 bits per heavy atom. The lowest BCUT2D eigenvalue weighted by atomic mass is 9.98. The van der Waals surface area contributed by atoms with Crippen LogP contribution in [0.25, 0.3) is 11.0 Å². The molecule has 1 aromatic heterocycles. The molecule has 2 rings (SSSR count). The van der Waals surface area contributed by atoms with Crippen molar-refractivity contribution in [3.8, 4) is 0 Å². The van der Waals surface area contributed by atoms with E-state index in [0.29, 0.717) is 5.92 Å². The van der Waals surface area contributed by atoms with Crippen LogP contribution in [0.2, 0.25) is 0 Å². The highest BCUT2D eigenvalue weighted by atomic mass is 15.1. The van der Waals surface area contributed by atoms with Crippen LogP contribution in [0.1, 0.15) is 44.5 Å². The highest BCUT2D eigenvalue weighted by Crippen LogP contribution is 2.23. The average Bonchev–Trinajstić information content (AvgIpc) is 2.64. The molecular weight excluding hydrogens is 196 g/mol. The molecule has 0 saturated heterocycles. The molecule has 2 nitrogen and oxygen atoms in total. The van der Waals surface area contributed by atoms with Gasteiger partial charge in [-0.05, 0) is 30.0 Å². The molecule has 0 aliphatic heterocycles. The van der Waals surface area contributed by atoms with Gasteiger partial charge < -0.3 is 4.57 Å². The van der Waals surface area contributed by atoms with E-state index in [-0.39, 0.29) is 0 Å². The van der Waals surface area contributed by atoms with E-state index in [1.165, 1.54) is 17.5 Å². The number of aromatic nitrogens is 2. The molecule has 0 radical (unpaired) electrons. The molecule has 1 aromatic carbocycles. The lowest BCUT2D eigenvalue weighted by Gasteiger charge is -2.08. The van der Waals surface area contributed by atoms with Crippen LogP contribution < -0.4 is 0 Å². The number of aryl methyl sites for hydroxylation is 2. The van der Waals surface area contributed by atoms with Gasteiger partial charge in [-0.3, -0.25) is 0 Å². The Balaban J connectivity index is 2.54. The molecule has 2 heteroatoms. The Kier molecular flexibility index (Phi) is 2.99. The third-order valence-corrected chi connectivity index (χ3v) is 3.50. The highest BCUT2D eigenvalue weighted by molar-refractivity contribution is 5.77. The van der Waals surface area contributed by atoms with Gasteiger partial charge >= 0.3 is 0 Å². The van der Waals surface area contributed by atoms with Crippen LogP contribution in [0.3, 0.4) is 0 Å². The monoisotopic (exact) mass is 216 g/mol. The number of rotatable bonds is 3. The van der Waals surface area contributed by atoms with Crippen LogP contribution in [0.15, 0.2) is 18.2 Å². The molecule has 0 saturated carbocycles. The second-order valence-corrected chi connectivity index (χ2v) is 4.50. The largest absolute Gasteiger partial charge is 0.331 e. The van der Waals surface area contributed by atoms with Gasteiger partial charge in [0, 0.05) is 13.5 Å². The second-order valence-electron chi connectivity index (χ2n) is 4.50. The fourth-order valence-electron chi connectivity index (χ4n) is 2.13. The van der Waals surface area contributed by atoms with E-state index in [2.05, 4.69) is 55.6 Å². The van der Waals surface area contributed by atoms with Crippen molar-refractivity contribution in [3.63, 3.8) is 0 Å². The molecule has 1 unspecified atom stereocenters. The number of imidazole rings is 1. The fraction of sp³-hybridized carbons (Fsp3) is 0.500. The van der Waals surface area contributed by atoms with Gasteiger partial charge in [0.15, 0.2) is 0 Å². The predicted molar refractivity (Wildman–Crippen MR) is 68.8 cm³/mol. The van der Waals surface area contributed by atoms with Gasteiger partial charge in [0.2, 0.25) is 0 Å². The van der Waals surface area contributed by atoms with Gasteiger partial charge in [0.05, 0.1) is 11.0 Å². The van der Waals surface area contributed by atoms with Gasteiger partial charge in [-0.1, -0.05) is 26.8 Å². The van der Waals surface area contributed by atoms with Crippen molar-refractivity contribution >= 4 is 11.0 Å². The summed E-state index contributed by atoms with van der Waals surface area (Å²) >= 11 is 0. The number of hydrogen-bond donors (Lipinski definition) is 0.